The van der Waals surface area contributed by atoms with Gasteiger partial charge in [0.25, 0.3) is 0 Å². The maximum absolute atomic E-state index is 6.17. The fourth-order valence-corrected chi connectivity index (χ4v) is 1.97. The van der Waals surface area contributed by atoms with Crippen molar-refractivity contribution in [3.05, 3.63) is 41.0 Å². The molecular formula is C13H16ClN3. The van der Waals surface area contributed by atoms with Crippen molar-refractivity contribution in [1.82, 2.24) is 15.1 Å². The van der Waals surface area contributed by atoms with E-state index in [-0.39, 0.29) is 0 Å². The van der Waals surface area contributed by atoms with E-state index in [1.54, 1.807) is 6.20 Å². The molecule has 0 aliphatic heterocycles. The standard InChI is InChI=1S/C13H16ClN3/c1-3-15-9-11-8-10(4-5-12(11)14)13-6-7-16-17(13)2/h4-8,15H,3,9H2,1-2H3. The largest absolute Gasteiger partial charge is 0.313 e. The van der Waals surface area contributed by atoms with E-state index in [4.69, 9.17) is 11.6 Å². The number of halogens is 1. The molecule has 1 aromatic heterocycles. The third-order valence-corrected chi connectivity index (χ3v) is 3.10. The fourth-order valence-electron chi connectivity index (χ4n) is 1.79. The van der Waals surface area contributed by atoms with Gasteiger partial charge in [0.05, 0.1) is 5.69 Å². The average Bonchev–Trinajstić information content (AvgIpc) is 2.75. The Morgan fingerprint density at radius 1 is 1.35 bits per heavy atom. The second kappa shape index (κ2) is 5.34. The summed E-state index contributed by atoms with van der Waals surface area (Å²) in [6.07, 6.45) is 1.80. The lowest BCUT2D eigenvalue weighted by Gasteiger charge is -2.08. The Balaban J connectivity index is 2.34. The Morgan fingerprint density at radius 2 is 2.18 bits per heavy atom. The molecule has 0 radical (unpaired) electrons. The number of nitrogens with zero attached hydrogens (tertiary/aromatic N) is 2. The summed E-state index contributed by atoms with van der Waals surface area (Å²) in [5.41, 5.74) is 3.36. The van der Waals surface area contributed by atoms with Gasteiger partial charge in [-0.25, -0.2) is 0 Å². The van der Waals surface area contributed by atoms with Gasteiger partial charge >= 0.3 is 0 Å². The lowest BCUT2D eigenvalue weighted by molar-refractivity contribution is 0.726. The van der Waals surface area contributed by atoms with E-state index < -0.39 is 0 Å². The summed E-state index contributed by atoms with van der Waals surface area (Å²) in [5.74, 6) is 0. The minimum absolute atomic E-state index is 0.793. The van der Waals surface area contributed by atoms with Crippen molar-refractivity contribution in [3.63, 3.8) is 0 Å². The van der Waals surface area contributed by atoms with Crippen LogP contribution in [-0.2, 0) is 13.6 Å². The third-order valence-electron chi connectivity index (χ3n) is 2.73. The Hall–Kier alpha value is -1.32. The predicted octanol–water partition coefficient (Wildman–Crippen LogP) is 2.85. The molecule has 0 amide bonds. The zero-order valence-corrected chi connectivity index (χ0v) is 10.8. The summed E-state index contributed by atoms with van der Waals surface area (Å²) < 4.78 is 1.86. The number of nitrogens with one attached hydrogen (secondary N) is 1. The van der Waals surface area contributed by atoms with E-state index in [9.17, 15) is 0 Å². The van der Waals surface area contributed by atoms with Gasteiger partial charge in [-0.2, -0.15) is 5.10 Å². The SMILES string of the molecule is CCNCc1cc(-c2ccnn2C)ccc1Cl. The van der Waals surface area contributed by atoms with Crippen molar-refractivity contribution in [3.8, 4) is 11.3 Å². The van der Waals surface area contributed by atoms with E-state index in [0.717, 1.165) is 34.9 Å². The molecule has 3 nitrogen and oxygen atoms in total. The predicted molar refractivity (Wildman–Crippen MR) is 71.0 cm³/mol. The number of benzene rings is 1. The molecule has 1 N–H and O–H groups in total. The minimum Gasteiger partial charge on any atom is -0.313 e. The van der Waals surface area contributed by atoms with Gasteiger partial charge in [-0.15, -0.1) is 0 Å². The molecule has 0 aliphatic rings. The first-order chi connectivity index (χ1) is 8.22. The molecule has 2 aromatic rings. The van der Waals surface area contributed by atoms with Gasteiger partial charge in [0.15, 0.2) is 0 Å². The zero-order chi connectivity index (χ0) is 12.3. The first-order valence-electron chi connectivity index (χ1n) is 5.70. The van der Waals surface area contributed by atoms with Gasteiger partial charge in [-0.3, -0.25) is 4.68 Å². The van der Waals surface area contributed by atoms with Crippen molar-refractivity contribution in [2.45, 2.75) is 13.5 Å². The first kappa shape index (κ1) is 12.1. The van der Waals surface area contributed by atoms with E-state index >= 15 is 0 Å². The summed E-state index contributed by atoms with van der Waals surface area (Å²) in [7, 11) is 1.94. The molecule has 0 unspecified atom stereocenters. The van der Waals surface area contributed by atoms with Crippen LogP contribution in [0.5, 0.6) is 0 Å². The maximum atomic E-state index is 6.17. The molecule has 4 heteroatoms. The van der Waals surface area contributed by atoms with Crippen molar-refractivity contribution in [1.29, 1.82) is 0 Å². The number of hydrogen-bond acceptors (Lipinski definition) is 2. The molecule has 2 rings (SSSR count). The summed E-state index contributed by atoms with van der Waals surface area (Å²) in [6.45, 7) is 3.81. The average molecular weight is 250 g/mol. The van der Waals surface area contributed by atoms with Crippen LogP contribution in [0.15, 0.2) is 30.5 Å². The monoisotopic (exact) mass is 249 g/mol. The van der Waals surface area contributed by atoms with E-state index in [1.807, 2.05) is 29.9 Å². The number of hydrogen-bond donors (Lipinski definition) is 1. The molecule has 90 valence electrons. The minimum atomic E-state index is 0.793. The molecule has 0 fully saturated rings. The smallest absolute Gasteiger partial charge is 0.0679 e. The van der Waals surface area contributed by atoms with Crippen molar-refractivity contribution in [2.75, 3.05) is 6.54 Å². The Bertz CT molecular complexity index is 505. The molecule has 1 aromatic carbocycles. The fraction of sp³-hybridized carbons (Fsp3) is 0.308. The second-order valence-electron chi connectivity index (χ2n) is 3.93. The van der Waals surface area contributed by atoms with Crippen LogP contribution in [0.2, 0.25) is 5.02 Å². The number of rotatable bonds is 4. The van der Waals surface area contributed by atoms with Gasteiger partial charge in [-0.1, -0.05) is 24.6 Å². The van der Waals surface area contributed by atoms with Gasteiger partial charge in [-0.05, 0) is 30.3 Å². The van der Waals surface area contributed by atoms with Crippen LogP contribution in [-0.4, -0.2) is 16.3 Å². The molecule has 0 saturated heterocycles. The molecule has 0 spiro atoms. The van der Waals surface area contributed by atoms with Crippen LogP contribution in [0.4, 0.5) is 0 Å². The Kier molecular flexibility index (Phi) is 3.82. The summed E-state index contributed by atoms with van der Waals surface area (Å²) in [5, 5.41) is 8.26. The molecule has 17 heavy (non-hydrogen) atoms. The van der Waals surface area contributed by atoms with Crippen LogP contribution in [0, 0.1) is 0 Å². The highest BCUT2D eigenvalue weighted by molar-refractivity contribution is 6.31. The zero-order valence-electron chi connectivity index (χ0n) is 10.1. The molecule has 0 saturated carbocycles. The highest BCUT2D eigenvalue weighted by atomic mass is 35.5. The van der Waals surface area contributed by atoms with Gasteiger partial charge in [0.2, 0.25) is 0 Å². The highest BCUT2D eigenvalue weighted by Crippen LogP contribution is 2.24. The van der Waals surface area contributed by atoms with Crippen LogP contribution < -0.4 is 5.32 Å². The summed E-state index contributed by atoms with van der Waals surface area (Å²) >= 11 is 6.17. The van der Waals surface area contributed by atoms with Gasteiger partial charge in [0.1, 0.15) is 0 Å². The van der Waals surface area contributed by atoms with Crippen molar-refractivity contribution < 1.29 is 0 Å². The molecule has 1 heterocycles. The van der Waals surface area contributed by atoms with Crippen molar-refractivity contribution in [2.24, 2.45) is 7.05 Å². The maximum Gasteiger partial charge on any atom is 0.0679 e. The molecule has 0 aliphatic carbocycles. The summed E-state index contributed by atoms with van der Waals surface area (Å²) in [4.78, 5) is 0. The topological polar surface area (TPSA) is 29.9 Å². The van der Waals surface area contributed by atoms with Gasteiger partial charge in [0, 0.05) is 30.4 Å². The lowest BCUT2D eigenvalue weighted by atomic mass is 10.1. The molecule has 0 atom stereocenters. The quantitative estimate of drug-likeness (QED) is 0.903. The highest BCUT2D eigenvalue weighted by Gasteiger charge is 2.06. The van der Waals surface area contributed by atoms with Gasteiger partial charge < -0.3 is 5.32 Å². The second-order valence-corrected chi connectivity index (χ2v) is 4.33. The van der Waals surface area contributed by atoms with E-state index in [0.29, 0.717) is 0 Å². The Morgan fingerprint density at radius 3 is 2.82 bits per heavy atom. The summed E-state index contributed by atoms with van der Waals surface area (Å²) in [6, 6.07) is 8.08. The first-order valence-corrected chi connectivity index (χ1v) is 6.07. The normalized spacial score (nSPS) is 10.8. The lowest BCUT2D eigenvalue weighted by Crippen LogP contribution is -2.12. The van der Waals surface area contributed by atoms with Crippen LogP contribution in [0.3, 0.4) is 0 Å². The number of aromatic nitrogens is 2. The molecule has 0 bridgehead atoms. The van der Waals surface area contributed by atoms with Crippen LogP contribution in [0.1, 0.15) is 12.5 Å². The third kappa shape index (κ3) is 2.68. The Labute approximate surface area is 106 Å². The number of aryl methyl sites for hydroxylation is 1. The van der Waals surface area contributed by atoms with Crippen molar-refractivity contribution >= 4 is 11.6 Å². The van der Waals surface area contributed by atoms with E-state index in [2.05, 4.69) is 23.4 Å². The van der Waals surface area contributed by atoms with Crippen LogP contribution >= 0.6 is 11.6 Å². The van der Waals surface area contributed by atoms with Crippen LogP contribution in [0.25, 0.3) is 11.3 Å². The van der Waals surface area contributed by atoms with E-state index in [1.165, 1.54) is 0 Å². The molecular weight excluding hydrogens is 234 g/mol.